The van der Waals surface area contributed by atoms with E-state index in [4.69, 9.17) is 43.5 Å². The number of esters is 1. The number of carbonyl (C=O) groups excluding carboxylic acids is 11. The van der Waals surface area contributed by atoms with Gasteiger partial charge in [0, 0.05) is 145 Å². The van der Waals surface area contributed by atoms with Gasteiger partial charge in [0.15, 0.2) is 34.6 Å². The molecule has 0 bridgehead atoms. The molecule has 8 aliphatic rings. The molecule has 10 aromatic rings. The number of methoxy groups -OCH3 is 3. The minimum atomic E-state index is -0.933. The first-order valence-corrected chi connectivity index (χ1v) is 58.9. The Hall–Kier alpha value is -14.9. The van der Waals surface area contributed by atoms with E-state index in [1.54, 1.807) is 98.5 Å². The number of carboxylic acids is 1. The van der Waals surface area contributed by atoms with E-state index in [0.717, 1.165) is 88.2 Å². The molecule has 0 saturated heterocycles. The van der Waals surface area contributed by atoms with Gasteiger partial charge in [-0.15, -0.1) is 0 Å². The zero-order chi connectivity index (χ0) is 104. The molecule has 10 aromatic carbocycles. The zero-order valence-electron chi connectivity index (χ0n) is 85.5. The summed E-state index contributed by atoms with van der Waals surface area (Å²) in [6.07, 6.45) is 11.5. The van der Waals surface area contributed by atoms with Crippen molar-refractivity contribution in [2.24, 2.45) is 21.8 Å². The number of hydrogen-bond donors (Lipinski definition) is 5. The third-order valence-electron chi connectivity index (χ3n) is 27.8. The molecule has 0 aromatic heterocycles. The summed E-state index contributed by atoms with van der Waals surface area (Å²) in [6, 6.07) is 55.4. The van der Waals surface area contributed by atoms with Crippen LogP contribution in [0.5, 0.6) is 34.5 Å². The van der Waals surface area contributed by atoms with E-state index in [1.165, 1.54) is 32.5 Å². The maximum absolute atomic E-state index is 14.1. The molecule has 0 unspecified atom stereocenters. The van der Waals surface area contributed by atoms with E-state index in [0.29, 0.717) is 147 Å². The Morgan fingerprint density at radius 3 is 1.11 bits per heavy atom. The van der Waals surface area contributed by atoms with Crippen LogP contribution in [0.1, 0.15) is 213 Å². The summed E-state index contributed by atoms with van der Waals surface area (Å²) in [7, 11) is 4.33. The Kier molecular flexibility index (Phi) is 35.0. The average Bonchev–Trinajstić information content (AvgIpc) is 1.62. The molecule has 31 nitrogen and oxygen atoms in total. The fourth-order valence-corrected chi connectivity index (χ4v) is 20.1. The summed E-state index contributed by atoms with van der Waals surface area (Å²) in [5.74, 6) is -2.60. The second kappa shape index (κ2) is 48.2. The molecule has 0 spiro atoms. The standard InChI is InChI=1S/C57H59N5O10.C56H57N5O10.3CH3.H2O.Sn/c1-33-20-44-38(18-19-42-25-39-12-6-8-14-47(39)61(42)56(44)67)27-50(33)71-31-36-22-37(24-41(23-36)60-55(66)34(2)21-49(63)35(3)59-53(64)16-10-11-17-54(65)70-5)32-72-52-29-46-45(28-51(52)69-4)57(68)62-43(30-58-46)26-40-13-7-9-15-48(40)62;1-32-19-43-37(17-18-41-24-38-11-5-7-13-46(38)60(41)55(43)67)26-49(32)70-30-35-21-36(23-40(22-35)59-54(66)33(2)20-48(62)34(3)58-52(63)15-9-10-16-53(64)65)31-71-51-28-45-44(27-50(51)69-4)56(68)61-42(29-57-45)25-39-12-6-8-14-47(39)61;;;;;/h6-9,12-15,20,22-24,27-30,34-35,42-43H,10-11,16-19,21,25-26,31-32H2,1-5H3,(H,59,64)(H,60,66);5-8,11-14,19,21-23,26-29,33-34,41-42H,9-10,15-18,20,24-25,30-31H2,1-4H3,(H,58,63)(H,59,66)(H,64,65);3*1H3;1H2;/t34-,35-,42+,43-;33-,34-,41+,42-;;;;;/m00...../s1. The number of ketones is 2. The number of ether oxygens (including phenoxy) is 7. The second-order valence-corrected chi connectivity index (χ2v) is 48.1. The number of unbranched alkanes of at least 4 members (excludes halogenated alkanes) is 2. The molecule has 0 fully saturated rings. The summed E-state index contributed by atoms with van der Waals surface area (Å²) < 4.78 is 42.1. The fraction of sp³-hybridized carbons (Fsp3) is 0.362. The fourth-order valence-electron chi connectivity index (χ4n) is 20.1. The Labute approximate surface area is 868 Å². The van der Waals surface area contributed by atoms with Crippen LogP contribution in [0, 0.1) is 25.7 Å². The van der Waals surface area contributed by atoms with Gasteiger partial charge in [0.2, 0.25) is 23.6 Å². The summed E-state index contributed by atoms with van der Waals surface area (Å²) in [6.45, 7) is 10.6. The van der Waals surface area contributed by atoms with E-state index in [9.17, 15) is 57.5 Å². The van der Waals surface area contributed by atoms with Gasteiger partial charge in [-0.3, -0.25) is 77.3 Å². The van der Waals surface area contributed by atoms with E-state index < -0.39 is 61.5 Å². The van der Waals surface area contributed by atoms with Gasteiger partial charge in [-0.2, -0.15) is 0 Å². The van der Waals surface area contributed by atoms with Crippen LogP contribution < -0.4 is 69.3 Å². The number of anilines is 6. The van der Waals surface area contributed by atoms with E-state index in [1.807, 2.05) is 145 Å². The third kappa shape index (κ3) is 25.2. The Morgan fingerprint density at radius 2 is 0.743 bits per heavy atom. The van der Waals surface area contributed by atoms with Crippen molar-refractivity contribution in [3.05, 3.63) is 271 Å². The number of aliphatic carboxylic acids is 1. The quantitative estimate of drug-likeness (QED) is 0.0138. The monoisotopic (exact) mass is 2120 g/mol. The van der Waals surface area contributed by atoms with Gasteiger partial charge in [0.25, 0.3) is 23.6 Å². The average molecular weight is 2120 g/mol. The SMILES string of the molecule is COC(=O)CCCCC(=O)N[C@@H](C)C(=O)C[C@H](C)C(=O)Nc1cc(COc2cc3c(cc2C)C(=O)N2c4ccccc4C[C@H]2CC3)cc(COc2cc3c(cc2OC)C(=O)N2c4ccccc4C[C@H]2C=N3)c1.COc1cc2c(cc1OCc1cc(COc3cc4c(cc3C)C(=O)N3c5ccccc5C[C@H]3CC4)cc(NC(=O)[C@@H](C)CC(=O)[C@H](C)NC(=O)CCCCC(=O)O)c1)N=C[C@@H]1Cc3ccccc3N1C2=O.O.[CH3][Sn]([CH3])[CH3]. The summed E-state index contributed by atoms with van der Waals surface area (Å²) in [5, 5.41) is 20.2. The molecule has 8 atom stereocenters. The van der Waals surface area contributed by atoms with Crippen molar-refractivity contribution < 1.29 is 101 Å². The Bertz CT molecular complexity index is 6850. The van der Waals surface area contributed by atoms with Gasteiger partial charge in [0.1, 0.15) is 37.9 Å². The van der Waals surface area contributed by atoms with Gasteiger partial charge in [-0.1, -0.05) is 86.6 Å². The number of benzene rings is 10. The molecule has 8 heterocycles. The number of fused-ring (bicyclic) bond motifs is 16. The first-order chi connectivity index (χ1) is 70.7. The molecule has 8 aliphatic heterocycles. The number of carboxylic acid groups (broad SMARTS) is 1. The topological polar surface area (TPSA) is 407 Å². The van der Waals surface area contributed by atoms with E-state index >= 15 is 0 Å². The van der Waals surface area contributed by atoms with Crippen molar-refractivity contribution >= 4 is 148 Å². The molecular weight excluding hydrogens is 1990 g/mol. The van der Waals surface area contributed by atoms with Crippen molar-refractivity contribution in [2.75, 3.05) is 51.6 Å². The Balaban J connectivity index is 0.000000213. The van der Waals surface area contributed by atoms with Crippen molar-refractivity contribution in [3.63, 3.8) is 0 Å². The van der Waals surface area contributed by atoms with Crippen LogP contribution in [0.2, 0.25) is 14.8 Å². The van der Waals surface area contributed by atoms with Crippen LogP contribution in [-0.2, 0) is 108 Å². The number of nitrogens with one attached hydrogen (secondary N) is 4. The Morgan fingerprint density at radius 1 is 0.405 bits per heavy atom. The van der Waals surface area contributed by atoms with Crippen LogP contribution >= 0.6 is 0 Å². The second-order valence-electron chi connectivity index (χ2n) is 39.5. The predicted molar refractivity (Wildman–Crippen MR) is 568 cm³/mol. The van der Waals surface area contributed by atoms with Crippen molar-refractivity contribution in [1.29, 1.82) is 0 Å². The predicted octanol–water partition coefficient (Wildman–Crippen LogP) is 17.9. The number of hydrogen-bond acceptors (Lipinski definition) is 21. The van der Waals surface area contributed by atoms with Gasteiger partial charge >= 0.3 is 46.5 Å². The first kappa shape index (κ1) is 107. The van der Waals surface area contributed by atoms with Crippen LogP contribution in [-0.4, -0.2) is 171 Å². The van der Waals surface area contributed by atoms with Gasteiger partial charge in [-0.05, 0) is 256 Å². The minimum absolute atomic E-state index is 0. The first-order valence-electron chi connectivity index (χ1n) is 50.3. The van der Waals surface area contributed by atoms with Crippen LogP contribution in [0.25, 0.3) is 0 Å². The summed E-state index contributed by atoms with van der Waals surface area (Å²) in [4.78, 5) is 181. The zero-order valence-corrected chi connectivity index (χ0v) is 88.4. The molecule has 771 valence electrons. The number of aliphatic imine (C=N–C) groups is 2. The number of rotatable bonds is 36. The van der Waals surface area contributed by atoms with Gasteiger partial charge in [-0.25, -0.2) is 0 Å². The maximum atomic E-state index is 14.1. The van der Waals surface area contributed by atoms with Crippen LogP contribution in [0.3, 0.4) is 0 Å². The number of carbonyl (C=O) groups is 12. The number of amides is 8. The van der Waals surface area contributed by atoms with E-state index in [2.05, 4.69) is 53.0 Å². The molecule has 1 radical (unpaired) electrons. The summed E-state index contributed by atoms with van der Waals surface area (Å²) in [5.41, 5.74) is 18.3. The third-order valence-corrected chi connectivity index (χ3v) is 27.8. The molecule has 32 heteroatoms. The molecule has 0 aliphatic carbocycles. The summed E-state index contributed by atoms with van der Waals surface area (Å²) >= 11 is -0.543. The normalized spacial score (nSPS) is 16.6. The molecule has 7 N–H and O–H groups in total. The molecule has 148 heavy (non-hydrogen) atoms. The molecule has 18 rings (SSSR count). The van der Waals surface area contributed by atoms with Crippen LogP contribution in [0.4, 0.5) is 45.5 Å². The van der Waals surface area contributed by atoms with Crippen molar-refractivity contribution in [1.82, 2.24) is 10.6 Å². The molecule has 0 saturated carbocycles. The van der Waals surface area contributed by atoms with Crippen molar-refractivity contribution in [3.8, 4) is 34.5 Å². The number of nitrogens with zero attached hydrogens (tertiary/aromatic N) is 6. The van der Waals surface area contributed by atoms with Gasteiger partial charge < -0.3 is 74.8 Å². The van der Waals surface area contributed by atoms with Crippen LogP contribution in [0.15, 0.2) is 192 Å². The number of Topliss-reactive ketones (excluding diaryl/α,β-unsaturated/α-hetero) is 2. The van der Waals surface area contributed by atoms with Gasteiger partial charge in [0.05, 0.1) is 68.0 Å². The molecular formula is C116H127N10O21Sn. The van der Waals surface area contributed by atoms with E-state index in [-0.39, 0.29) is 148 Å². The van der Waals surface area contributed by atoms with Crippen molar-refractivity contribution in [2.45, 2.75) is 235 Å². The molecule has 8 amide bonds. The number of para-hydroxylation sites is 4. The number of aryl methyl sites for hydroxylation is 4.